The van der Waals surface area contributed by atoms with E-state index in [9.17, 15) is 4.79 Å². The van der Waals surface area contributed by atoms with Crippen molar-refractivity contribution in [1.82, 2.24) is 10.2 Å². The summed E-state index contributed by atoms with van der Waals surface area (Å²) in [5.41, 5.74) is 1.04. The molecule has 1 fully saturated rings. The zero-order valence-corrected chi connectivity index (χ0v) is 14.5. The SMILES string of the molecule is CC(C)CN1CCOC(CNC(=O)CN(C)c2ccccc2)C1. The molecule has 5 nitrogen and oxygen atoms in total. The Hall–Kier alpha value is -1.59. The fourth-order valence-corrected chi connectivity index (χ4v) is 2.86. The Labute approximate surface area is 139 Å². The topological polar surface area (TPSA) is 44.8 Å². The highest BCUT2D eigenvalue weighted by Gasteiger charge is 2.21. The number of benzene rings is 1. The highest BCUT2D eigenvalue weighted by atomic mass is 16.5. The quantitative estimate of drug-likeness (QED) is 0.829. The Morgan fingerprint density at radius 1 is 1.39 bits per heavy atom. The molecule has 23 heavy (non-hydrogen) atoms. The number of carbonyl (C=O) groups excluding carboxylic acids is 1. The molecule has 1 atom stereocenters. The van der Waals surface area contributed by atoms with Gasteiger partial charge in [0.25, 0.3) is 0 Å². The van der Waals surface area contributed by atoms with Crippen molar-refractivity contribution in [2.75, 3.05) is 51.3 Å². The molecule has 0 bridgehead atoms. The van der Waals surface area contributed by atoms with Crippen LogP contribution in [0.1, 0.15) is 13.8 Å². The third kappa shape index (κ3) is 6.20. The number of morpholine rings is 1. The van der Waals surface area contributed by atoms with Crippen LogP contribution in [0.25, 0.3) is 0 Å². The molecular formula is C18H29N3O2. The fourth-order valence-electron chi connectivity index (χ4n) is 2.86. The van der Waals surface area contributed by atoms with Crippen LogP contribution < -0.4 is 10.2 Å². The van der Waals surface area contributed by atoms with Gasteiger partial charge in [-0.2, -0.15) is 0 Å². The minimum absolute atomic E-state index is 0.0286. The Balaban J connectivity index is 1.71. The molecule has 1 saturated heterocycles. The first kappa shape index (κ1) is 17.8. The Morgan fingerprint density at radius 2 is 2.13 bits per heavy atom. The van der Waals surface area contributed by atoms with Crippen LogP contribution in [0.15, 0.2) is 30.3 Å². The van der Waals surface area contributed by atoms with E-state index >= 15 is 0 Å². The van der Waals surface area contributed by atoms with E-state index < -0.39 is 0 Å². The smallest absolute Gasteiger partial charge is 0.239 e. The van der Waals surface area contributed by atoms with E-state index in [1.54, 1.807) is 0 Å². The van der Waals surface area contributed by atoms with Gasteiger partial charge in [0.1, 0.15) is 0 Å². The van der Waals surface area contributed by atoms with Crippen LogP contribution >= 0.6 is 0 Å². The maximum atomic E-state index is 12.1. The minimum Gasteiger partial charge on any atom is -0.374 e. The summed E-state index contributed by atoms with van der Waals surface area (Å²) in [4.78, 5) is 16.5. The van der Waals surface area contributed by atoms with Crippen molar-refractivity contribution in [2.45, 2.75) is 20.0 Å². The summed E-state index contributed by atoms with van der Waals surface area (Å²) in [7, 11) is 1.93. The predicted molar refractivity (Wildman–Crippen MR) is 93.7 cm³/mol. The number of para-hydroxylation sites is 1. The van der Waals surface area contributed by atoms with Gasteiger partial charge in [-0.15, -0.1) is 0 Å². The average molecular weight is 319 g/mol. The molecular weight excluding hydrogens is 290 g/mol. The molecule has 1 unspecified atom stereocenters. The van der Waals surface area contributed by atoms with Gasteiger partial charge in [-0.1, -0.05) is 32.0 Å². The number of ether oxygens (including phenoxy) is 1. The lowest BCUT2D eigenvalue weighted by atomic mass is 10.2. The number of carbonyl (C=O) groups is 1. The predicted octanol–water partition coefficient (Wildman–Crippen LogP) is 1.60. The normalized spacial score (nSPS) is 18.9. The molecule has 0 aliphatic carbocycles. The highest BCUT2D eigenvalue weighted by Crippen LogP contribution is 2.10. The molecule has 0 spiro atoms. The van der Waals surface area contributed by atoms with Crippen molar-refractivity contribution in [3.8, 4) is 0 Å². The number of amides is 1. The lowest BCUT2D eigenvalue weighted by Crippen LogP contribution is -2.49. The third-order valence-corrected chi connectivity index (χ3v) is 3.95. The van der Waals surface area contributed by atoms with E-state index in [1.807, 2.05) is 42.3 Å². The van der Waals surface area contributed by atoms with Crippen molar-refractivity contribution < 1.29 is 9.53 Å². The van der Waals surface area contributed by atoms with Crippen LogP contribution in [0.4, 0.5) is 5.69 Å². The van der Waals surface area contributed by atoms with E-state index in [4.69, 9.17) is 4.74 Å². The van der Waals surface area contributed by atoms with Gasteiger partial charge in [0.2, 0.25) is 5.91 Å². The summed E-state index contributed by atoms with van der Waals surface area (Å²) in [6.07, 6.45) is 0.0912. The third-order valence-electron chi connectivity index (χ3n) is 3.95. The van der Waals surface area contributed by atoms with Gasteiger partial charge in [0.05, 0.1) is 19.3 Å². The molecule has 1 aliphatic heterocycles. The second kappa shape index (κ2) is 8.89. The van der Waals surface area contributed by atoms with Crippen LogP contribution in [0.3, 0.4) is 0 Å². The molecule has 128 valence electrons. The van der Waals surface area contributed by atoms with Gasteiger partial charge >= 0.3 is 0 Å². The number of likely N-dealkylation sites (N-methyl/N-ethyl adjacent to an activating group) is 1. The van der Waals surface area contributed by atoms with Crippen molar-refractivity contribution in [2.24, 2.45) is 5.92 Å². The van der Waals surface area contributed by atoms with Gasteiger partial charge in [0.15, 0.2) is 0 Å². The zero-order valence-electron chi connectivity index (χ0n) is 14.5. The van der Waals surface area contributed by atoms with E-state index in [-0.39, 0.29) is 12.0 Å². The number of hydrogen-bond acceptors (Lipinski definition) is 4. The van der Waals surface area contributed by atoms with Crippen molar-refractivity contribution >= 4 is 11.6 Å². The first-order valence-corrected chi connectivity index (χ1v) is 8.41. The lowest BCUT2D eigenvalue weighted by Gasteiger charge is -2.34. The largest absolute Gasteiger partial charge is 0.374 e. The number of anilines is 1. The van der Waals surface area contributed by atoms with E-state index in [0.29, 0.717) is 19.0 Å². The standard InChI is InChI=1S/C18H29N3O2/c1-15(2)12-21-9-10-23-17(13-21)11-19-18(22)14-20(3)16-7-5-4-6-8-16/h4-8,15,17H,9-14H2,1-3H3,(H,19,22). The van der Waals surface area contributed by atoms with Gasteiger partial charge in [0, 0.05) is 38.9 Å². The Morgan fingerprint density at radius 3 is 2.83 bits per heavy atom. The molecule has 1 aromatic carbocycles. The molecule has 1 amide bonds. The van der Waals surface area contributed by atoms with E-state index in [1.165, 1.54) is 0 Å². The minimum atomic E-state index is 0.0286. The van der Waals surface area contributed by atoms with Gasteiger partial charge in [-0.3, -0.25) is 9.69 Å². The summed E-state index contributed by atoms with van der Waals surface area (Å²) in [5.74, 6) is 0.684. The van der Waals surface area contributed by atoms with Crippen LogP contribution in [-0.4, -0.2) is 63.3 Å². The Kier molecular flexibility index (Phi) is 6.86. The van der Waals surface area contributed by atoms with Gasteiger partial charge in [-0.05, 0) is 18.1 Å². The molecule has 0 saturated carbocycles. The number of hydrogen-bond donors (Lipinski definition) is 1. The summed E-state index contributed by atoms with van der Waals surface area (Å²) in [5, 5.41) is 2.99. The van der Waals surface area contributed by atoms with Crippen LogP contribution in [-0.2, 0) is 9.53 Å². The van der Waals surface area contributed by atoms with Gasteiger partial charge < -0.3 is 15.0 Å². The number of rotatable bonds is 7. The van der Waals surface area contributed by atoms with Crippen molar-refractivity contribution in [1.29, 1.82) is 0 Å². The number of nitrogens with zero attached hydrogens (tertiary/aromatic N) is 2. The van der Waals surface area contributed by atoms with E-state index in [0.717, 1.165) is 31.9 Å². The molecule has 1 aromatic rings. The first-order valence-electron chi connectivity index (χ1n) is 8.41. The zero-order chi connectivity index (χ0) is 16.7. The summed E-state index contributed by atoms with van der Waals surface area (Å²) in [6.45, 7) is 9.11. The molecule has 2 rings (SSSR count). The monoisotopic (exact) mass is 319 g/mol. The van der Waals surface area contributed by atoms with E-state index in [2.05, 4.69) is 24.1 Å². The fraction of sp³-hybridized carbons (Fsp3) is 0.611. The molecule has 1 N–H and O–H groups in total. The van der Waals surface area contributed by atoms with Crippen molar-refractivity contribution in [3.63, 3.8) is 0 Å². The molecule has 0 radical (unpaired) electrons. The second-order valence-corrected chi connectivity index (χ2v) is 6.64. The second-order valence-electron chi connectivity index (χ2n) is 6.64. The van der Waals surface area contributed by atoms with Crippen LogP contribution in [0.2, 0.25) is 0 Å². The lowest BCUT2D eigenvalue weighted by molar-refractivity contribution is -0.121. The molecule has 5 heteroatoms. The van der Waals surface area contributed by atoms with Crippen LogP contribution in [0.5, 0.6) is 0 Å². The summed E-state index contributed by atoms with van der Waals surface area (Å²) >= 11 is 0. The van der Waals surface area contributed by atoms with Gasteiger partial charge in [-0.25, -0.2) is 0 Å². The first-order chi connectivity index (χ1) is 11.0. The maximum absolute atomic E-state index is 12.1. The number of nitrogens with one attached hydrogen (secondary N) is 1. The van der Waals surface area contributed by atoms with Crippen LogP contribution in [0, 0.1) is 5.92 Å². The molecule has 1 aliphatic rings. The maximum Gasteiger partial charge on any atom is 0.239 e. The molecule has 1 heterocycles. The highest BCUT2D eigenvalue weighted by molar-refractivity contribution is 5.81. The van der Waals surface area contributed by atoms with Crippen molar-refractivity contribution in [3.05, 3.63) is 30.3 Å². The Bertz CT molecular complexity index is 478. The average Bonchev–Trinajstić information content (AvgIpc) is 2.53. The molecule has 0 aromatic heterocycles. The summed E-state index contributed by atoms with van der Waals surface area (Å²) < 4.78 is 5.76. The summed E-state index contributed by atoms with van der Waals surface area (Å²) in [6, 6.07) is 9.93.